The van der Waals surface area contributed by atoms with Gasteiger partial charge in [0.1, 0.15) is 12.2 Å². The molecular weight excluding hydrogens is 288 g/mol. The Bertz CT molecular complexity index is 423. The normalized spacial score (nSPS) is 39.7. The van der Waals surface area contributed by atoms with Crippen LogP contribution in [-0.4, -0.2) is 55.5 Å². The van der Waals surface area contributed by atoms with Gasteiger partial charge in [0.2, 0.25) is 0 Å². The number of hydrogen-bond donors (Lipinski definition) is 0. The molecule has 0 aromatic heterocycles. The molecule has 3 aliphatic heterocycles. The van der Waals surface area contributed by atoms with E-state index in [9.17, 15) is 9.59 Å². The number of Topliss-reactive ketones (excluding diaryl/α,β-unsaturated/α-hetero) is 1. The van der Waals surface area contributed by atoms with Crippen LogP contribution in [0.5, 0.6) is 0 Å². The van der Waals surface area contributed by atoms with Crippen LogP contribution in [0.4, 0.5) is 0 Å². The predicted octanol–water partition coefficient (Wildman–Crippen LogP) is 1.39. The maximum absolute atomic E-state index is 12.5. The Labute approximate surface area is 130 Å². The first-order valence-corrected chi connectivity index (χ1v) is 8.22. The smallest absolute Gasteiger partial charge is 0.302 e. The van der Waals surface area contributed by atoms with E-state index in [-0.39, 0.29) is 36.5 Å². The minimum Gasteiger partial charge on any atom is -0.462 e. The number of hydrogen-bond acceptors (Lipinski definition) is 6. The van der Waals surface area contributed by atoms with Crippen LogP contribution >= 0.6 is 0 Å². The highest BCUT2D eigenvalue weighted by molar-refractivity contribution is 5.84. The Kier molecular flexibility index (Phi) is 5.10. The number of rotatable bonds is 1. The molecule has 0 amide bonds. The molecule has 0 unspecified atom stereocenters. The molecule has 6 heteroatoms. The molecule has 0 radical (unpaired) electrons. The fourth-order valence-corrected chi connectivity index (χ4v) is 3.61. The van der Waals surface area contributed by atoms with Crippen LogP contribution in [0, 0.1) is 0 Å². The fourth-order valence-electron chi connectivity index (χ4n) is 3.61. The molecule has 3 saturated heterocycles. The predicted molar refractivity (Wildman–Crippen MR) is 76.4 cm³/mol. The van der Waals surface area contributed by atoms with Crippen molar-refractivity contribution in [2.75, 3.05) is 13.2 Å². The second kappa shape index (κ2) is 7.06. The van der Waals surface area contributed by atoms with E-state index in [2.05, 4.69) is 0 Å². The van der Waals surface area contributed by atoms with Crippen molar-refractivity contribution >= 4 is 11.8 Å². The molecule has 22 heavy (non-hydrogen) atoms. The van der Waals surface area contributed by atoms with Gasteiger partial charge in [-0.2, -0.15) is 0 Å². The highest BCUT2D eigenvalue weighted by atomic mass is 16.6. The summed E-state index contributed by atoms with van der Waals surface area (Å²) in [6, 6.07) is 0. The van der Waals surface area contributed by atoms with Crippen LogP contribution in [0.25, 0.3) is 0 Å². The zero-order chi connectivity index (χ0) is 15.5. The second-order valence-corrected chi connectivity index (χ2v) is 6.34. The van der Waals surface area contributed by atoms with Crippen molar-refractivity contribution in [2.45, 2.75) is 76.0 Å². The first-order valence-electron chi connectivity index (χ1n) is 8.22. The fraction of sp³-hybridized carbons (Fsp3) is 0.875. The minimum atomic E-state index is -0.535. The van der Waals surface area contributed by atoms with Gasteiger partial charge >= 0.3 is 5.97 Å². The van der Waals surface area contributed by atoms with Gasteiger partial charge in [0.15, 0.2) is 5.78 Å². The lowest BCUT2D eigenvalue weighted by Gasteiger charge is -2.37. The van der Waals surface area contributed by atoms with E-state index >= 15 is 0 Å². The molecule has 0 saturated carbocycles. The average molecular weight is 312 g/mol. The first kappa shape index (κ1) is 15.9. The number of ketones is 1. The second-order valence-electron chi connectivity index (χ2n) is 6.34. The highest BCUT2D eigenvalue weighted by Crippen LogP contribution is 2.30. The average Bonchev–Trinajstić information content (AvgIpc) is 2.53. The van der Waals surface area contributed by atoms with Crippen molar-refractivity contribution in [3.63, 3.8) is 0 Å². The van der Waals surface area contributed by atoms with Gasteiger partial charge in [0.05, 0.1) is 18.3 Å². The van der Waals surface area contributed by atoms with Gasteiger partial charge < -0.3 is 18.9 Å². The third kappa shape index (κ3) is 3.67. The van der Waals surface area contributed by atoms with Crippen molar-refractivity contribution in [1.29, 1.82) is 0 Å². The largest absolute Gasteiger partial charge is 0.462 e. The van der Waals surface area contributed by atoms with Gasteiger partial charge in [-0.1, -0.05) is 0 Å². The monoisotopic (exact) mass is 312 g/mol. The zero-order valence-corrected chi connectivity index (χ0v) is 13.0. The van der Waals surface area contributed by atoms with E-state index in [4.69, 9.17) is 18.9 Å². The molecule has 124 valence electrons. The van der Waals surface area contributed by atoms with E-state index in [1.54, 1.807) is 0 Å². The Morgan fingerprint density at radius 1 is 1.09 bits per heavy atom. The maximum Gasteiger partial charge on any atom is 0.302 e. The summed E-state index contributed by atoms with van der Waals surface area (Å²) in [6.07, 6.45) is 2.92. The van der Waals surface area contributed by atoms with Crippen LogP contribution in [0.3, 0.4) is 0 Å². The van der Waals surface area contributed by atoms with Crippen LogP contribution in [0.2, 0.25) is 0 Å². The Morgan fingerprint density at radius 3 is 2.59 bits per heavy atom. The summed E-state index contributed by atoms with van der Waals surface area (Å²) in [5.74, 6) is -0.402. The third-order valence-corrected chi connectivity index (χ3v) is 4.57. The number of ether oxygens (including phenoxy) is 4. The van der Waals surface area contributed by atoms with Gasteiger partial charge in [-0.15, -0.1) is 0 Å². The zero-order valence-electron chi connectivity index (χ0n) is 13.0. The molecule has 6 nitrogen and oxygen atoms in total. The molecule has 0 aromatic carbocycles. The van der Waals surface area contributed by atoms with Crippen molar-refractivity contribution < 1.29 is 28.5 Å². The number of carbonyl (C=O) groups is 2. The summed E-state index contributed by atoms with van der Waals surface area (Å²) in [6.45, 7) is 2.64. The lowest BCUT2D eigenvalue weighted by Crippen LogP contribution is -2.46. The summed E-state index contributed by atoms with van der Waals surface area (Å²) < 4.78 is 23.0. The Balaban J connectivity index is 1.80. The van der Waals surface area contributed by atoms with Gasteiger partial charge in [-0.05, 0) is 25.7 Å². The first-order chi connectivity index (χ1) is 10.6. The summed E-state index contributed by atoms with van der Waals surface area (Å²) in [5.41, 5.74) is 0. The number of fused-ring (bicyclic) bond motifs is 2. The Morgan fingerprint density at radius 2 is 1.82 bits per heavy atom. The molecule has 0 bridgehead atoms. The molecule has 0 aromatic rings. The lowest BCUT2D eigenvalue weighted by atomic mass is 9.96. The molecule has 3 heterocycles. The summed E-state index contributed by atoms with van der Waals surface area (Å²) in [7, 11) is 0. The molecule has 0 N–H and O–H groups in total. The van der Waals surface area contributed by atoms with Crippen molar-refractivity contribution in [1.82, 2.24) is 0 Å². The molecule has 0 spiro atoms. The van der Waals surface area contributed by atoms with Gasteiger partial charge in [0, 0.05) is 33.0 Å². The van der Waals surface area contributed by atoms with Crippen molar-refractivity contribution in [2.24, 2.45) is 0 Å². The summed E-state index contributed by atoms with van der Waals surface area (Å²) in [4.78, 5) is 23.8. The van der Waals surface area contributed by atoms with E-state index in [1.165, 1.54) is 6.92 Å². The third-order valence-electron chi connectivity index (χ3n) is 4.57. The van der Waals surface area contributed by atoms with Crippen molar-refractivity contribution in [3.05, 3.63) is 0 Å². The number of carbonyl (C=O) groups excluding carboxylic acids is 2. The molecule has 3 rings (SSSR count). The number of esters is 1. The van der Waals surface area contributed by atoms with Crippen LogP contribution in [0.15, 0.2) is 0 Å². The van der Waals surface area contributed by atoms with E-state index in [0.29, 0.717) is 19.6 Å². The quantitative estimate of drug-likeness (QED) is 0.682. The van der Waals surface area contributed by atoms with E-state index in [0.717, 1.165) is 25.7 Å². The highest BCUT2D eigenvalue weighted by Gasteiger charge is 2.41. The maximum atomic E-state index is 12.5. The van der Waals surface area contributed by atoms with Gasteiger partial charge in [-0.3, -0.25) is 9.59 Å². The van der Waals surface area contributed by atoms with Crippen LogP contribution in [-0.2, 0) is 28.5 Å². The molecular formula is C16H24O6. The van der Waals surface area contributed by atoms with E-state index < -0.39 is 12.2 Å². The van der Waals surface area contributed by atoms with Gasteiger partial charge in [0.25, 0.3) is 0 Å². The van der Waals surface area contributed by atoms with Gasteiger partial charge in [-0.25, -0.2) is 0 Å². The molecule has 3 fully saturated rings. The molecule has 0 aliphatic carbocycles. The molecule has 5 atom stereocenters. The van der Waals surface area contributed by atoms with Crippen molar-refractivity contribution in [3.8, 4) is 0 Å². The summed E-state index contributed by atoms with van der Waals surface area (Å²) >= 11 is 0. The molecule has 3 aliphatic rings. The lowest BCUT2D eigenvalue weighted by molar-refractivity contribution is -0.180. The standard InChI is InChI=1S/C16H24O6/c1-10(17)21-11-8-12(18)16-14(5-3-7-20-16)22-13-4-2-6-19-15(13)9-11/h11,13-16H,2-9H2,1H3/t11-,13+,14-,15-,16+/m0/s1. The minimum absolute atomic E-state index is 0.0328. The van der Waals surface area contributed by atoms with Crippen LogP contribution < -0.4 is 0 Å². The van der Waals surface area contributed by atoms with Crippen LogP contribution in [0.1, 0.15) is 45.4 Å². The van der Waals surface area contributed by atoms with E-state index in [1.807, 2.05) is 0 Å². The Hall–Kier alpha value is -0.980. The SMILES string of the molecule is CC(=O)O[C@H]1CC(=O)[C@H]2OCCC[C@@H]2O[C@@H]2CCCO[C@H]2C1. The topological polar surface area (TPSA) is 71.1 Å². The summed E-state index contributed by atoms with van der Waals surface area (Å²) in [5, 5.41) is 0.